The first-order valence-electron chi connectivity index (χ1n) is 6.86. The Bertz CT molecular complexity index is 317. The average Bonchev–Trinajstić information content (AvgIpc) is 2.39. The SMILES string of the molecule is CCNCCCCCCOCc1ccccc1F. The highest BCUT2D eigenvalue weighted by Crippen LogP contribution is 2.08. The van der Waals surface area contributed by atoms with Crippen molar-refractivity contribution in [1.82, 2.24) is 5.32 Å². The van der Waals surface area contributed by atoms with E-state index in [0.717, 1.165) is 26.1 Å². The molecule has 2 nitrogen and oxygen atoms in total. The van der Waals surface area contributed by atoms with Crippen molar-refractivity contribution < 1.29 is 9.13 Å². The molecule has 0 amide bonds. The normalized spacial score (nSPS) is 10.8. The van der Waals surface area contributed by atoms with Crippen LogP contribution in [0.2, 0.25) is 0 Å². The van der Waals surface area contributed by atoms with E-state index in [0.29, 0.717) is 12.2 Å². The Morgan fingerprint density at radius 2 is 1.89 bits per heavy atom. The van der Waals surface area contributed by atoms with Gasteiger partial charge in [-0.15, -0.1) is 0 Å². The lowest BCUT2D eigenvalue weighted by Crippen LogP contribution is -2.13. The molecule has 0 aliphatic carbocycles. The second kappa shape index (κ2) is 10.0. The first kappa shape index (κ1) is 15.1. The predicted octanol–water partition coefficient (Wildman–Crippen LogP) is 3.51. The van der Waals surface area contributed by atoms with Crippen molar-refractivity contribution in [3.8, 4) is 0 Å². The van der Waals surface area contributed by atoms with Crippen LogP contribution in [-0.2, 0) is 11.3 Å². The van der Waals surface area contributed by atoms with E-state index in [1.165, 1.54) is 25.3 Å². The van der Waals surface area contributed by atoms with Gasteiger partial charge in [-0.3, -0.25) is 0 Å². The van der Waals surface area contributed by atoms with Gasteiger partial charge in [0.2, 0.25) is 0 Å². The molecule has 1 aromatic rings. The molecular weight excluding hydrogens is 229 g/mol. The monoisotopic (exact) mass is 253 g/mol. The topological polar surface area (TPSA) is 21.3 Å². The van der Waals surface area contributed by atoms with Gasteiger partial charge in [0.15, 0.2) is 0 Å². The Morgan fingerprint density at radius 3 is 2.67 bits per heavy atom. The van der Waals surface area contributed by atoms with Gasteiger partial charge in [0.25, 0.3) is 0 Å². The van der Waals surface area contributed by atoms with E-state index in [-0.39, 0.29) is 5.82 Å². The van der Waals surface area contributed by atoms with Gasteiger partial charge in [0.05, 0.1) is 6.61 Å². The van der Waals surface area contributed by atoms with Crippen LogP contribution in [0.5, 0.6) is 0 Å². The van der Waals surface area contributed by atoms with Crippen LogP contribution in [0.4, 0.5) is 4.39 Å². The Balaban J connectivity index is 1.94. The number of halogens is 1. The largest absolute Gasteiger partial charge is 0.377 e. The van der Waals surface area contributed by atoms with Gasteiger partial charge in [-0.1, -0.05) is 38.0 Å². The van der Waals surface area contributed by atoms with Gasteiger partial charge >= 0.3 is 0 Å². The fourth-order valence-corrected chi connectivity index (χ4v) is 1.78. The summed E-state index contributed by atoms with van der Waals surface area (Å²) in [7, 11) is 0. The Morgan fingerprint density at radius 1 is 1.11 bits per heavy atom. The highest BCUT2D eigenvalue weighted by Gasteiger charge is 1.99. The third-order valence-corrected chi connectivity index (χ3v) is 2.86. The molecule has 0 aromatic heterocycles. The number of nitrogens with one attached hydrogen (secondary N) is 1. The number of hydrogen-bond acceptors (Lipinski definition) is 2. The molecule has 18 heavy (non-hydrogen) atoms. The molecule has 0 atom stereocenters. The quantitative estimate of drug-likeness (QED) is 0.644. The number of unbranched alkanes of at least 4 members (excludes halogenated alkanes) is 3. The summed E-state index contributed by atoms with van der Waals surface area (Å²) in [6.07, 6.45) is 4.69. The first-order chi connectivity index (χ1) is 8.84. The molecule has 1 rings (SSSR count). The fourth-order valence-electron chi connectivity index (χ4n) is 1.78. The zero-order valence-corrected chi connectivity index (χ0v) is 11.3. The van der Waals surface area contributed by atoms with Crippen LogP contribution in [0.15, 0.2) is 24.3 Å². The molecule has 0 aliphatic heterocycles. The molecule has 0 unspecified atom stereocenters. The van der Waals surface area contributed by atoms with Crippen LogP contribution in [-0.4, -0.2) is 19.7 Å². The smallest absolute Gasteiger partial charge is 0.128 e. The molecule has 0 fully saturated rings. The molecule has 102 valence electrons. The molecule has 1 N–H and O–H groups in total. The van der Waals surface area contributed by atoms with Crippen molar-refractivity contribution in [3.63, 3.8) is 0 Å². The van der Waals surface area contributed by atoms with Crippen LogP contribution >= 0.6 is 0 Å². The van der Waals surface area contributed by atoms with Crippen LogP contribution in [0.1, 0.15) is 38.2 Å². The van der Waals surface area contributed by atoms with Gasteiger partial charge in [-0.05, 0) is 32.0 Å². The van der Waals surface area contributed by atoms with E-state index in [1.807, 2.05) is 6.07 Å². The van der Waals surface area contributed by atoms with E-state index in [9.17, 15) is 4.39 Å². The van der Waals surface area contributed by atoms with E-state index in [4.69, 9.17) is 4.74 Å². The highest BCUT2D eigenvalue weighted by molar-refractivity contribution is 5.16. The molecule has 1 aromatic carbocycles. The van der Waals surface area contributed by atoms with Gasteiger partial charge in [0.1, 0.15) is 5.82 Å². The van der Waals surface area contributed by atoms with Crippen molar-refractivity contribution >= 4 is 0 Å². The molecule has 3 heteroatoms. The van der Waals surface area contributed by atoms with E-state index in [2.05, 4.69) is 12.2 Å². The maximum atomic E-state index is 13.3. The van der Waals surface area contributed by atoms with Gasteiger partial charge in [-0.2, -0.15) is 0 Å². The molecule has 0 bridgehead atoms. The standard InChI is InChI=1S/C15H24FNO/c1-2-17-11-7-3-4-8-12-18-13-14-9-5-6-10-15(14)16/h5-6,9-10,17H,2-4,7-8,11-13H2,1H3. The summed E-state index contributed by atoms with van der Waals surface area (Å²) in [6.45, 7) is 5.37. The Kier molecular flexibility index (Phi) is 8.43. The lowest BCUT2D eigenvalue weighted by atomic mass is 10.2. The minimum atomic E-state index is -0.178. The lowest BCUT2D eigenvalue weighted by Gasteiger charge is -2.05. The Labute approximate surface area is 110 Å². The molecule has 0 heterocycles. The van der Waals surface area contributed by atoms with Crippen molar-refractivity contribution in [2.75, 3.05) is 19.7 Å². The second-order valence-corrected chi connectivity index (χ2v) is 4.41. The summed E-state index contributed by atoms with van der Waals surface area (Å²) in [6, 6.07) is 6.77. The summed E-state index contributed by atoms with van der Waals surface area (Å²) in [5.41, 5.74) is 0.643. The van der Waals surface area contributed by atoms with Gasteiger partial charge < -0.3 is 10.1 Å². The zero-order valence-electron chi connectivity index (χ0n) is 11.3. The highest BCUT2D eigenvalue weighted by atomic mass is 19.1. The molecule has 0 radical (unpaired) electrons. The van der Waals surface area contributed by atoms with E-state index < -0.39 is 0 Å². The number of hydrogen-bond donors (Lipinski definition) is 1. The molecular formula is C15H24FNO. The maximum Gasteiger partial charge on any atom is 0.128 e. The maximum absolute atomic E-state index is 13.3. The summed E-state index contributed by atoms with van der Waals surface area (Å²) in [5, 5.41) is 3.31. The van der Waals surface area contributed by atoms with Crippen LogP contribution < -0.4 is 5.32 Å². The summed E-state index contributed by atoms with van der Waals surface area (Å²) in [5.74, 6) is -0.178. The second-order valence-electron chi connectivity index (χ2n) is 4.41. The molecule has 0 aliphatic rings. The van der Waals surface area contributed by atoms with Crippen LogP contribution in [0.25, 0.3) is 0 Å². The third-order valence-electron chi connectivity index (χ3n) is 2.86. The van der Waals surface area contributed by atoms with Crippen molar-refractivity contribution in [3.05, 3.63) is 35.6 Å². The summed E-state index contributed by atoms with van der Waals surface area (Å²) in [4.78, 5) is 0. The van der Waals surface area contributed by atoms with E-state index in [1.54, 1.807) is 12.1 Å². The molecule has 0 saturated heterocycles. The average molecular weight is 253 g/mol. The molecule has 0 spiro atoms. The van der Waals surface area contributed by atoms with Gasteiger partial charge in [0, 0.05) is 12.2 Å². The minimum Gasteiger partial charge on any atom is -0.377 e. The summed E-state index contributed by atoms with van der Waals surface area (Å²) >= 11 is 0. The van der Waals surface area contributed by atoms with E-state index >= 15 is 0 Å². The van der Waals surface area contributed by atoms with Crippen molar-refractivity contribution in [2.45, 2.75) is 39.2 Å². The predicted molar refractivity (Wildman–Crippen MR) is 73.1 cm³/mol. The molecule has 0 saturated carbocycles. The van der Waals surface area contributed by atoms with Crippen LogP contribution in [0, 0.1) is 5.82 Å². The number of ether oxygens (including phenoxy) is 1. The first-order valence-corrected chi connectivity index (χ1v) is 6.86. The van der Waals surface area contributed by atoms with Crippen LogP contribution in [0.3, 0.4) is 0 Å². The zero-order chi connectivity index (χ0) is 13.1. The fraction of sp³-hybridized carbons (Fsp3) is 0.600. The Hall–Kier alpha value is -0.930. The number of benzene rings is 1. The third kappa shape index (κ3) is 6.72. The van der Waals surface area contributed by atoms with Crippen molar-refractivity contribution in [2.24, 2.45) is 0 Å². The number of rotatable bonds is 10. The summed E-state index contributed by atoms with van der Waals surface area (Å²) < 4.78 is 18.7. The van der Waals surface area contributed by atoms with Gasteiger partial charge in [-0.25, -0.2) is 4.39 Å². The lowest BCUT2D eigenvalue weighted by molar-refractivity contribution is 0.114. The minimum absolute atomic E-state index is 0.178. The van der Waals surface area contributed by atoms with Crippen molar-refractivity contribution in [1.29, 1.82) is 0 Å².